The summed E-state index contributed by atoms with van der Waals surface area (Å²) in [5.74, 6) is -0.121. The van der Waals surface area contributed by atoms with Crippen LogP contribution in [0.1, 0.15) is 25.7 Å². The second-order valence-corrected chi connectivity index (χ2v) is 5.72. The molecule has 1 saturated heterocycles. The highest BCUT2D eigenvalue weighted by atomic mass is 16.2. The number of rotatable bonds is 1. The van der Waals surface area contributed by atoms with Gasteiger partial charge >= 0.3 is 0 Å². The van der Waals surface area contributed by atoms with E-state index >= 15 is 0 Å². The number of carbonyl (C=O) groups is 2. The fourth-order valence-electron chi connectivity index (χ4n) is 3.36. The van der Waals surface area contributed by atoms with Crippen molar-refractivity contribution in [1.29, 1.82) is 0 Å². The lowest BCUT2D eigenvalue weighted by Crippen LogP contribution is -2.60. The van der Waals surface area contributed by atoms with Gasteiger partial charge in [0.15, 0.2) is 0 Å². The summed E-state index contributed by atoms with van der Waals surface area (Å²) >= 11 is 0. The molecule has 2 aromatic rings. The number of hydrogen-bond acceptors (Lipinski definition) is 3. The third-order valence-electron chi connectivity index (χ3n) is 4.45. The van der Waals surface area contributed by atoms with Crippen LogP contribution in [0.25, 0.3) is 11.0 Å². The summed E-state index contributed by atoms with van der Waals surface area (Å²) in [5.41, 5.74) is 4.32. The minimum absolute atomic E-state index is 0.0571. The van der Waals surface area contributed by atoms with Gasteiger partial charge in [0.2, 0.25) is 11.9 Å². The number of benzene rings is 1. The molecule has 2 heterocycles. The first kappa shape index (κ1) is 12.4. The van der Waals surface area contributed by atoms with Crippen molar-refractivity contribution in [2.45, 2.75) is 25.7 Å². The van der Waals surface area contributed by atoms with Crippen LogP contribution in [0.15, 0.2) is 24.3 Å². The van der Waals surface area contributed by atoms with E-state index in [0.29, 0.717) is 5.95 Å². The quantitative estimate of drug-likeness (QED) is 0.837. The maximum atomic E-state index is 12.6. The summed E-state index contributed by atoms with van der Waals surface area (Å²) in [5, 5.41) is 1.29. The molecule has 6 heteroatoms. The number of nitrogens with one attached hydrogen (secondary N) is 2. The van der Waals surface area contributed by atoms with Crippen LogP contribution in [0.3, 0.4) is 0 Å². The minimum Gasteiger partial charge on any atom is -0.322 e. The average Bonchev–Trinajstić information content (AvgIpc) is 2.94. The maximum absolute atomic E-state index is 12.6. The van der Waals surface area contributed by atoms with Gasteiger partial charge in [-0.2, -0.15) is 5.01 Å². The van der Waals surface area contributed by atoms with E-state index in [9.17, 15) is 9.59 Å². The van der Waals surface area contributed by atoms with Crippen molar-refractivity contribution in [2.24, 2.45) is 11.8 Å². The lowest BCUT2D eigenvalue weighted by atomic mass is 9.77. The van der Waals surface area contributed by atoms with Crippen LogP contribution in [0, 0.1) is 11.8 Å². The smallest absolute Gasteiger partial charge is 0.252 e. The third-order valence-corrected chi connectivity index (χ3v) is 4.45. The number of imidazole rings is 1. The van der Waals surface area contributed by atoms with Crippen molar-refractivity contribution in [3.8, 4) is 0 Å². The van der Waals surface area contributed by atoms with Crippen molar-refractivity contribution in [2.75, 3.05) is 5.01 Å². The Kier molecular flexibility index (Phi) is 2.70. The molecule has 2 aliphatic rings. The number of fused-ring (bicyclic) bond motifs is 2. The molecule has 1 saturated carbocycles. The third kappa shape index (κ3) is 1.90. The van der Waals surface area contributed by atoms with Crippen LogP contribution < -0.4 is 10.4 Å². The number of hydrazine groups is 1. The number of anilines is 1. The Morgan fingerprint density at radius 2 is 1.86 bits per heavy atom. The number of para-hydroxylation sites is 2. The molecule has 2 fully saturated rings. The van der Waals surface area contributed by atoms with Crippen LogP contribution in [0.4, 0.5) is 5.95 Å². The minimum atomic E-state index is -0.208. The normalized spacial score (nSPS) is 25.8. The lowest BCUT2D eigenvalue weighted by molar-refractivity contribution is -0.141. The van der Waals surface area contributed by atoms with Gasteiger partial charge in [-0.1, -0.05) is 25.0 Å². The maximum Gasteiger partial charge on any atom is 0.252 e. The lowest BCUT2D eigenvalue weighted by Gasteiger charge is -2.38. The van der Waals surface area contributed by atoms with E-state index in [1.54, 1.807) is 0 Å². The summed E-state index contributed by atoms with van der Waals surface area (Å²) in [6, 6.07) is 7.55. The number of nitrogens with zero attached hydrogens (tertiary/aromatic N) is 2. The molecule has 0 bridgehead atoms. The Labute approximate surface area is 121 Å². The molecule has 4 rings (SSSR count). The van der Waals surface area contributed by atoms with Gasteiger partial charge in [0.25, 0.3) is 5.91 Å². The Morgan fingerprint density at radius 3 is 2.67 bits per heavy atom. The van der Waals surface area contributed by atoms with Crippen LogP contribution in [-0.4, -0.2) is 21.8 Å². The number of carbonyl (C=O) groups excluding carboxylic acids is 2. The number of aromatic nitrogens is 2. The first-order valence-corrected chi connectivity index (χ1v) is 7.33. The van der Waals surface area contributed by atoms with Crippen LogP contribution in [0.2, 0.25) is 0 Å². The molecular weight excluding hydrogens is 268 g/mol. The van der Waals surface area contributed by atoms with Gasteiger partial charge in [-0.25, -0.2) is 4.98 Å². The first-order valence-electron chi connectivity index (χ1n) is 7.33. The van der Waals surface area contributed by atoms with Crippen molar-refractivity contribution >= 4 is 28.8 Å². The Hall–Kier alpha value is -2.37. The van der Waals surface area contributed by atoms with Gasteiger partial charge in [-0.15, -0.1) is 0 Å². The number of aromatic amines is 1. The van der Waals surface area contributed by atoms with E-state index in [1.165, 1.54) is 5.01 Å². The molecule has 1 aromatic heterocycles. The highest BCUT2D eigenvalue weighted by Crippen LogP contribution is 2.35. The highest BCUT2D eigenvalue weighted by Gasteiger charge is 2.44. The molecule has 21 heavy (non-hydrogen) atoms. The molecule has 1 aliphatic heterocycles. The van der Waals surface area contributed by atoms with Crippen molar-refractivity contribution in [3.63, 3.8) is 0 Å². The van der Waals surface area contributed by atoms with Gasteiger partial charge in [-0.05, 0) is 25.0 Å². The molecular formula is C15H16N4O2. The zero-order valence-electron chi connectivity index (χ0n) is 11.5. The zero-order chi connectivity index (χ0) is 14.4. The summed E-state index contributed by atoms with van der Waals surface area (Å²) in [7, 11) is 0. The van der Waals surface area contributed by atoms with Crippen molar-refractivity contribution in [3.05, 3.63) is 24.3 Å². The molecule has 108 valence electrons. The van der Waals surface area contributed by atoms with E-state index in [-0.39, 0.29) is 23.7 Å². The molecule has 2 amide bonds. The van der Waals surface area contributed by atoms with Gasteiger partial charge in [0.1, 0.15) is 0 Å². The second kappa shape index (κ2) is 4.58. The van der Waals surface area contributed by atoms with Crippen molar-refractivity contribution < 1.29 is 9.59 Å². The summed E-state index contributed by atoms with van der Waals surface area (Å²) in [6.45, 7) is 0. The van der Waals surface area contributed by atoms with Gasteiger partial charge < -0.3 is 4.98 Å². The van der Waals surface area contributed by atoms with E-state index in [2.05, 4.69) is 15.4 Å². The first-order chi connectivity index (χ1) is 10.2. The number of amides is 2. The summed E-state index contributed by atoms with van der Waals surface area (Å²) < 4.78 is 0. The van der Waals surface area contributed by atoms with Gasteiger partial charge in [0.05, 0.1) is 22.9 Å². The molecule has 2 unspecified atom stereocenters. The monoisotopic (exact) mass is 284 g/mol. The Balaban J connectivity index is 1.71. The van der Waals surface area contributed by atoms with Crippen LogP contribution in [-0.2, 0) is 9.59 Å². The van der Waals surface area contributed by atoms with E-state index in [0.717, 1.165) is 36.7 Å². The van der Waals surface area contributed by atoms with Gasteiger partial charge in [0, 0.05) is 0 Å². The molecule has 2 atom stereocenters. The number of hydrogen-bond donors (Lipinski definition) is 2. The molecule has 6 nitrogen and oxygen atoms in total. The second-order valence-electron chi connectivity index (χ2n) is 5.72. The molecule has 2 N–H and O–H groups in total. The summed E-state index contributed by atoms with van der Waals surface area (Å²) in [6.07, 6.45) is 3.62. The molecule has 0 radical (unpaired) electrons. The average molecular weight is 284 g/mol. The van der Waals surface area contributed by atoms with E-state index in [4.69, 9.17) is 0 Å². The predicted octanol–water partition coefficient (Wildman–Crippen LogP) is 1.75. The standard InChI is InChI=1S/C15H16N4O2/c20-13-9-5-1-2-6-10(9)14(21)19(18-13)15-16-11-7-3-4-8-12(11)17-15/h3-4,7-10H,1-2,5-6H2,(H,16,17)(H,18,20). The predicted molar refractivity (Wildman–Crippen MR) is 77.2 cm³/mol. The molecule has 0 spiro atoms. The van der Waals surface area contributed by atoms with E-state index in [1.807, 2.05) is 24.3 Å². The fourth-order valence-corrected chi connectivity index (χ4v) is 3.36. The molecule has 1 aliphatic carbocycles. The van der Waals surface area contributed by atoms with Crippen LogP contribution >= 0.6 is 0 Å². The number of H-pyrrole nitrogens is 1. The Bertz CT molecular complexity index is 690. The van der Waals surface area contributed by atoms with Gasteiger partial charge in [-0.3, -0.25) is 15.0 Å². The van der Waals surface area contributed by atoms with E-state index < -0.39 is 0 Å². The molecule has 1 aromatic carbocycles. The Morgan fingerprint density at radius 1 is 1.10 bits per heavy atom. The zero-order valence-corrected chi connectivity index (χ0v) is 11.5. The fraction of sp³-hybridized carbons (Fsp3) is 0.400. The SMILES string of the molecule is O=C1NN(c2nc3ccccc3[nH]2)C(=O)C2CCCCC12. The summed E-state index contributed by atoms with van der Waals surface area (Å²) in [4.78, 5) is 32.3. The topological polar surface area (TPSA) is 78.1 Å². The largest absolute Gasteiger partial charge is 0.322 e. The highest BCUT2D eigenvalue weighted by molar-refractivity contribution is 6.03. The van der Waals surface area contributed by atoms with Crippen LogP contribution in [0.5, 0.6) is 0 Å². The van der Waals surface area contributed by atoms with Crippen molar-refractivity contribution in [1.82, 2.24) is 15.4 Å².